The van der Waals surface area contributed by atoms with Gasteiger partial charge in [0.2, 0.25) is 5.91 Å². The molecule has 0 saturated heterocycles. The topological polar surface area (TPSA) is 20.3 Å². The molecule has 0 saturated carbocycles. The third-order valence-corrected chi connectivity index (χ3v) is 11.5. The van der Waals surface area contributed by atoms with Gasteiger partial charge in [-0.05, 0) is 0 Å². The van der Waals surface area contributed by atoms with Crippen molar-refractivity contribution in [3.8, 4) is 0 Å². The number of hydrogen-bond acceptors (Lipinski definition) is 1. The summed E-state index contributed by atoms with van der Waals surface area (Å²) in [6, 6.07) is 0.799. The van der Waals surface area contributed by atoms with E-state index in [0.717, 1.165) is 6.04 Å². The van der Waals surface area contributed by atoms with E-state index in [1.165, 1.54) is 0 Å². The molecule has 0 N–H and O–H groups in total. The number of carbonyl (C=O) groups is 1. The molecule has 0 spiro atoms. The van der Waals surface area contributed by atoms with Crippen LogP contribution in [0.3, 0.4) is 0 Å². The van der Waals surface area contributed by atoms with Gasteiger partial charge in [0.25, 0.3) is 0 Å². The van der Waals surface area contributed by atoms with Gasteiger partial charge in [-0.25, -0.2) is 0 Å². The van der Waals surface area contributed by atoms with Gasteiger partial charge in [0, 0.05) is 20.1 Å². The predicted molar refractivity (Wildman–Crippen MR) is 74.5 cm³/mol. The molecule has 16 heavy (non-hydrogen) atoms. The van der Waals surface area contributed by atoms with Gasteiger partial charge in [-0.1, -0.05) is 58.2 Å². The Balaban J connectivity index is 5.13. The van der Waals surface area contributed by atoms with Crippen LogP contribution >= 0.6 is 0 Å². The van der Waals surface area contributed by atoms with E-state index in [0.29, 0.717) is 22.5 Å². The van der Waals surface area contributed by atoms with Gasteiger partial charge >= 0.3 is 0 Å². The molecule has 3 heteroatoms. The maximum atomic E-state index is 12.0. The summed E-state index contributed by atoms with van der Waals surface area (Å²) in [6.45, 7) is 13.8. The summed E-state index contributed by atoms with van der Waals surface area (Å²) >= 11 is 0. The predicted octanol–water partition coefficient (Wildman–Crippen LogP) is 3.75. The lowest BCUT2D eigenvalue weighted by Gasteiger charge is -2.43. The summed E-state index contributed by atoms with van der Waals surface area (Å²) in [5, 5.41) is 0. The number of hydrogen-bond donors (Lipinski definition) is 0. The van der Waals surface area contributed by atoms with Crippen LogP contribution in [0.5, 0.6) is 0 Å². The van der Waals surface area contributed by atoms with Crippen molar-refractivity contribution in [1.82, 2.24) is 4.90 Å². The Hall–Kier alpha value is -0.313. The summed E-state index contributed by atoms with van der Waals surface area (Å²) in [5.41, 5.74) is 1.99. The molecule has 0 radical (unpaired) electrons. The Labute approximate surface area is 102 Å². The second-order valence-corrected chi connectivity index (χ2v) is 12.1. The maximum Gasteiger partial charge on any atom is 0.219 e. The molecular formula is C13H29NOSi. The molecule has 0 aliphatic carbocycles. The Morgan fingerprint density at radius 3 is 1.44 bits per heavy atom. The van der Waals surface area contributed by atoms with Crippen LogP contribution in [0.1, 0.15) is 41.5 Å². The first-order valence-corrected chi connectivity index (χ1v) is 8.80. The molecule has 0 aromatic heterocycles. The van der Waals surface area contributed by atoms with Gasteiger partial charge in [-0.15, -0.1) is 0 Å². The molecule has 0 bridgehead atoms. The van der Waals surface area contributed by atoms with Crippen LogP contribution in [0, 0.1) is 0 Å². The lowest BCUT2D eigenvalue weighted by molar-refractivity contribution is -0.126. The Morgan fingerprint density at radius 1 is 0.938 bits per heavy atom. The van der Waals surface area contributed by atoms with Gasteiger partial charge in [-0.2, -0.15) is 0 Å². The highest BCUT2D eigenvalue weighted by Crippen LogP contribution is 2.44. The van der Waals surface area contributed by atoms with E-state index in [9.17, 15) is 4.79 Å². The van der Waals surface area contributed by atoms with Gasteiger partial charge < -0.3 is 4.90 Å². The zero-order valence-corrected chi connectivity index (χ0v) is 13.3. The zero-order valence-electron chi connectivity index (χ0n) is 12.3. The molecule has 0 aliphatic heterocycles. The molecule has 0 aromatic carbocycles. The lowest BCUT2D eigenvalue weighted by atomic mass is 10.5. The van der Waals surface area contributed by atoms with Crippen LogP contribution in [-0.4, -0.2) is 33.0 Å². The molecular weight excluding hydrogens is 214 g/mol. The van der Waals surface area contributed by atoms with E-state index in [1.54, 1.807) is 4.90 Å². The molecule has 0 rings (SSSR count). The average molecular weight is 243 g/mol. The van der Waals surface area contributed by atoms with E-state index >= 15 is 0 Å². The first kappa shape index (κ1) is 15.7. The molecule has 0 atom stereocenters. The van der Waals surface area contributed by atoms with E-state index in [2.05, 4.69) is 41.5 Å². The fraction of sp³-hybridized carbons (Fsp3) is 0.923. The third kappa shape index (κ3) is 3.09. The zero-order chi connectivity index (χ0) is 13.1. The highest BCUT2D eigenvalue weighted by molar-refractivity contribution is 6.85. The van der Waals surface area contributed by atoms with E-state index in [-0.39, 0.29) is 0 Å². The van der Waals surface area contributed by atoms with Crippen molar-refractivity contribution in [2.45, 2.75) is 64.2 Å². The minimum Gasteiger partial charge on any atom is -0.349 e. The Morgan fingerprint density at radius 2 is 1.25 bits per heavy atom. The second kappa shape index (κ2) is 5.85. The molecule has 0 fully saturated rings. The van der Waals surface area contributed by atoms with Gasteiger partial charge in [0.05, 0.1) is 8.07 Å². The van der Waals surface area contributed by atoms with E-state index in [1.807, 2.05) is 14.1 Å². The second-order valence-electron chi connectivity index (χ2n) is 6.04. The smallest absolute Gasteiger partial charge is 0.219 e. The fourth-order valence-corrected chi connectivity index (χ4v) is 9.10. The quantitative estimate of drug-likeness (QED) is 0.673. The van der Waals surface area contributed by atoms with Crippen molar-refractivity contribution in [3.05, 3.63) is 0 Å². The molecule has 96 valence electrons. The first-order chi connectivity index (χ1) is 7.16. The minimum atomic E-state index is -1.54. The van der Waals surface area contributed by atoms with Crippen LogP contribution in [0.2, 0.25) is 22.7 Å². The molecule has 2 nitrogen and oxygen atoms in total. The molecule has 0 aromatic rings. The van der Waals surface area contributed by atoms with Crippen molar-refractivity contribution in [3.63, 3.8) is 0 Å². The number of rotatable bonds is 5. The SMILES string of the molecule is CC(C)[Si](CC(=O)N(C)C)(C(C)C)C(C)C. The van der Waals surface area contributed by atoms with Crippen LogP contribution in [-0.2, 0) is 4.79 Å². The van der Waals surface area contributed by atoms with Crippen molar-refractivity contribution in [2.24, 2.45) is 0 Å². The molecule has 1 amide bonds. The summed E-state index contributed by atoms with van der Waals surface area (Å²) < 4.78 is 0. The fourth-order valence-electron chi connectivity index (χ4n) is 3.03. The van der Waals surface area contributed by atoms with Crippen molar-refractivity contribution < 1.29 is 4.79 Å². The Kier molecular flexibility index (Phi) is 5.74. The van der Waals surface area contributed by atoms with Gasteiger partial charge in [0.1, 0.15) is 0 Å². The standard InChI is InChI=1S/C13H29NOSi/c1-10(2)16(11(3)4,12(5)6)9-13(15)14(7)8/h10-12H,9H2,1-8H3. The highest BCUT2D eigenvalue weighted by Gasteiger charge is 2.44. The van der Waals surface area contributed by atoms with Crippen molar-refractivity contribution in [1.29, 1.82) is 0 Å². The van der Waals surface area contributed by atoms with Gasteiger partial charge in [0.15, 0.2) is 0 Å². The highest BCUT2D eigenvalue weighted by atomic mass is 28.3. The van der Waals surface area contributed by atoms with Crippen LogP contribution in [0.25, 0.3) is 0 Å². The van der Waals surface area contributed by atoms with E-state index < -0.39 is 8.07 Å². The summed E-state index contributed by atoms with van der Waals surface area (Å²) in [4.78, 5) is 13.8. The van der Waals surface area contributed by atoms with E-state index in [4.69, 9.17) is 0 Å². The van der Waals surface area contributed by atoms with Crippen LogP contribution < -0.4 is 0 Å². The molecule has 0 heterocycles. The largest absolute Gasteiger partial charge is 0.349 e. The normalized spacial score (nSPS) is 12.7. The van der Waals surface area contributed by atoms with Gasteiger partial charge in [-0.3, -0.25) is 4.79 Å². The third-order valence-electron chi connectivity index (χ3n) is 4.18. The summed E-state index contributed by atoms with van der Waals surface area (Å²) in [7, 11) is 2.18. The Bertz CT molecular complexity index is 212. The summed E-state index contributed by atoms with van der Waals surface area (Å²) in [5.74, 6) is 0.308. The monoisotopic (exact) mass is 243 g/mol. The number of nitrogens with zero attached hydrogens (tertiary/aromatic N) is 1. The maximum absolute atomic E-state index is 12.0. The number of carbonyl (C=O) groups excluding carboxylic acids is 1. The van der Waals surface area contributed by atoms with Crippen molar-refractivity contribution in [2.75, 3.05) is 14.1 Å². The number of amides is 1. The lowest BCUT2D eigenvalue weighted by Crippen LogP contribution is -2.47. The minimum absolute atomic E-state index is 0.308. The summed E-state index contributed by atoms with van der Waals surface area (Å²) in [6.07, 6.45) is 0. The first-order valence-electron chi connectivity index (χ1n) is 6.36. The molecule has 0 unspecified atom stereocenters. The molecule has 0 aliphatic rings. The van der Waals surface area contributed by atoms with Crippen LogP contribution in [0.4, 0.5) is 0 Å². The van der Waals surface area contributed by atoms with Crippen molar-refractivity contribution >= 4 is 14.0 Å². The van der Waals surface area contributed by atoms with Crippen LogP contribution in [0.15, 0.2) is 0 Å². The average Bonchev–Trinajstić information content (AvgIpc) is 2.11.